The molecule has 0 saturated carbocycles. The van der Waals surface area contributed by atoms with Gasteiger partial charge in [-0.25, -0.2) is 8.42 Å². The number of rotatable bonds is 13. The Morgan fingerprint density at radius 1 is 0.773 bits per heavy atom. The summed E-state index contributed by atoms with van der Waals surface area (Å²) in [6.45, 7) is 7.33. The van der Waals surface area contributed by atoms with Gasteiger partial charge in [0, 0.05) is 19.0 Å². The Bertz CT molecular complexity index is 1660. The molecule has 0 spiro atoms. The number of aryl methyl sites for hydroxylation is 2. The maximum Gasteiger partial charge on any atom is 0.264 e. The van der Waals surface area contributed by atoms with Crippen molar-refractivity contribution in [1.29, 1.82) is 0 Å². The Kier molecular flexibility index (Phi) is 11.0. The van der Waals surface area contributed by atoms with E-state index in [0.717, 1.165) is 22.3 Å². The highest BCUT2D eigenvalue weighted by Crippen LogP contribution is 2.28. The first-order valence-electron chi connectivity index (χ1n) is 15.0. The second-order valence-electron chi connectivity index (χ2n) is 11.1. The summed E-state index contributed by atoms with van der Waals surface area (Å²) in [5, 5.41) is 2.99. The number of hydrogen-bond acceptors (Lipinski definition) is 4. The minimum atomic E-state index is -4.13. The summed E-state index contributed by atoms with van der Waals surface area (Å²) in [5.74, 6) is -0.768. The van der Waals surface area contributed by atoms with E-state index in [0.29, 0.717) is 12.1 Å². The average molecular weight is 612 g/mol. The Labute approximate surface area is 261 Å². The third-order valence-electron chi connectivity index (χ3n) is 7.56. The SMILES string of the molecule is CCc1ccccc1N(CC(=O)N(Cc1ccccc1C)C(Cc1ccccc1)C(=O)NC(C)C)S(=O)(=O)c1ccccc1. The minimum absolute atomic E-state index is 0.0857. The third-order valence-corrected chi connectivity index (χ3v) is 9.33. The molecule has 2 amide bonds. The fourth-order valence-corrected chi connectivity index (χ4v) is 6.66. The molecule has 0 radical (unpaired) electrons. The molecule has 1 N–H and O–H groups in total. The zero-order valence-corrected chi connectivity index (χ0v) is 26.6. The quantitative estimate of drug-likeness (QED) is 0.204. The van der Waals surface area contributed by atoms with Gasteiger partial charge < -0.3 is 10.2 Å². The number of carbonyl (C=O) groups excluding carboxylic acids is 2. The molecule has 1 unspecified atom stereocenters. The smallest absolute Gasteiger partial charge is 0.264 e. The van der Waals surface area contributed by atoms with Crippen molar-refractivity contribution in [2.45, 2.75) is 64.1 Å². The summed E-state index contributed by atoms with van der Waals surface area (Å²) in [4.78, 5) is 30.0. The molecule has 0 aromatic heterocycles. The van der Waals surface area contributed by atoms with Crippen LogP contribution < -0.4 is 9.62 Å². The van der Waals surface area contributed by atoms with Crippen LogP contribution >= 0.6 is 0 Å². The molecule has 0 heterocycles. The molecule has 0 aliphatic heterocycles. The summed E-state index contributed by atoms with van der Waals surface area (Å²) in [7, 11) is -4.13. The zero-order chi connectivity index (χ0) is 31.7. The van der Waals surface area contributed by atoms with E-state index >= 15 is 0 Å². The summed E-state index contributed by atoms with van der Waals surface area (Å²) in [6, 6.07) is 31.6. The van der Waals surface area contributed by atoms with Gasteiger partial charge in [0.05, 0.1) is 10.6 Å². The molecular weight excluding hydrogens is 570 g/mol. The zero-order valence-electron chi connectivity index (χ0n) is 25.8. The molecule has 0 bridgehead atoms. The van der Waals surface area contributed by atoms with Gasteiger partial charge in [0.1, 0.15) is 12.6 Å². The number of nitrogens with one attached hydrogen (secondary N) is 1. The van der Waals surface area contributed by atoms with Crippen LogP contribution in [0.15, 0.2) is 114 Å². The maximum atomic E-state index is 14.6. The van der Waals surface area contributed by atoms with Gasteiger partial charge >= 0.3 is 0 Å². The van der Waals surface area contributed by atoms with Crippen LogP contribution in [0, 0.1) is 6.92 Å². The summed E-state index contributed by atoms with van der Waals surface area (Å²) < 4.78 is 29.6. The first kappa shape index (κ1) is 32.5. The molecular formula is C36H41N3O4S. The Morgan fingerprint density at radius 3 is 1.95 bits per heavy atom. The van der Waals surface area contributed by atoms with Gasteiger partial charge in [-0.1, -0.05) is 97.9 Å². The number of hydrogen-bond donors (Lipinski definition) is 1. The molecule has 44 heavy (non-hydrogen) atoms. The number of para-hydroxylation sites is 1. The Morgan fingerprint density at radius 2 is 1.34 bits per heavy atom. The van der Waals surface area contributed by atoms with E-state index in [1.807, 2.05) is 94.4 Å². The molecule has 4 aromatic rings. The molecule has 0 aliphatic rings. The van der Waals surface area contributed by atoms with E-state index in [4.69, 9.17) is 0 Å². The highest BCUT2D eigenvalue weighted by atomic mass is 32.2. The predicted octanol–water partition coefficient (Wildman–Crippen LogP) is 5.92. The highest BCUT2D eigenvalue weighted by Gasteiger charge is 2.35. The number of benzene rings is 4. The molecule has 0 saturated heterocycles. The number of nitrogens with zero attached hydrogens (tertiary/aromatic N) is 2. The standard InChI is InChI=1S/C36H41N3O4S/c1-5-30-19-14-15-23-33(30)39(44(42,43)32-21-10-7-11-22-32)26-35(40)38(25-31-20-13-12-16-28(31)4)34(36(41)37-27(2)3)24-29-17-8-6-9-18-29/h6-23,27,34H,5,24-26H2,1-4H3,(H,37,41). The van der Waals surface area contributed by atoms with Crippen LogP contribution in [-0.2, 0) is 39.0 Å². The van der Waals surface area contributed by atoms with Gasteiger partial charge in [-0.2, -0.15) is 0 Å². The van der Waals surface area contributed by atoms with Crippen LogP contribution in [-0.4, -0.2) is 43.8 Å². The van der Waals surface area contributed by atoms with Crippen LogP contribution in [0.2, 0.25) is 0 Å². The van der Waals surface area contributed by atoms with Gasteiger partial charge in [-0.05, 0) is 67.6 Å². The highest BCUT2D eigenvalue weighted by molar-refractivity contribution is 7.92. The van der Waals surface area contributed by atoms with E-state index in [-0.39, 0.29) is 29.8 Å². The molecule has 4 aromatic carbocycles. The molecule has 4 rings (SSSR count). The van der Waals surface area contributed by atoms with E-state index in [1.54, 1.807) is 30.3 Å². The van der Waals surface area contributed by atoms with Crippen molar-refractivity contribution in [3.63, 3.8) is 0 Å². The fourth-order valence-electron chi connectivity index (χ4n) is 5.19. The van der Waals surface area contributed by atoms with E-state index < -0.39 is 28.5 Å². The first-order chi connectivity index (χ1) is 21.1. The lowest BCUT2D eigenvalue weighted by Gasteiger charge is -2.35. The monoisotopic (exact) mass is 611 g/mol. The lowest BCUT2D eigenvalue weighted by Crippen LogP contribution is -2.54. The Hall–Kier alpha value is -4.43. The molecule has 8 heteroatoms. The van der Waals surface area contributed by atoms with Crippen molar-refractivity contribution in [3.05, 3.63) is 131 Å². The predicted molar refractivity (Wildman–Crippen MR) is 176 cm³/mol. The van der Waals surface area contributed by atoms with Crippen molar-refractivity contribution < 1.29 is 18.0 Å². The average Bonchev–Trinajstić information content (AvgIpc) is 3.02. The maximum absolute atomic E-state index is 14.6. The van der Waals surface area contributed by atoms with Crippen LogP contribution in [0.25, 0.3) is 0 Å². The molecule has 0 aliphatic carbocycles. The van der Waals surface area contributed by atoms with E-state index in [9.17, 15) is 18.0 Å². The van der Waals surface area contributed by atoms with Gasteiger partial charge in [0.2, 0.25) is 11.8 Å². The minimum Gasteiger partial charge on any atom is -0.352 e. The number of sulfonamides is 1. The van der Waals surface area contributed by atoms with Crippen LogP contribution in [0.1, 0.15) is 43.0 Å². The Balaban J connectivity index is 1.83. The van der Waals surface area contributed by atoms with E-state index in [2.05, 4.69) is 5.32 Å². The van der Waals surface area contributed by atoms with Crippen LogP contribution in [0.3, 0.4) is 0 Å². The lowest BCUT2D eigenvalue weighted by molar-refractivity contribution is -0.140. The van der Waals surface area contributed by atoms with Crippen molar-refractivity contribution >= 4 is 27.5 Å². The summed E-state index contributed by atoms with van der Waals surface area (Å²) in [6.07, 6.45) is 0.847. The largest absolute Gasteiger partial charge is 0.352 e. The summed E-state index contributed by atoms with van der Waals surface area (Å²) >= 11 is 0. The van der Waals surface area contributed by atoms with Crippen LogP contribution in [0.4, 0.5) is 5.69 Å². The van der Waals surface area contributed by atoms with Crippen molar-refractivity contribution in [3.8, 4) is 0 Å². The third kappa shape index (κ3) is 7.94. The number of carbonyl (C=O) groups is 2. The van der Waals surface area contributed by atoms with Crippen LogP contribution in [0.5, 0.6) is 0 Å². The molecule has 230 valence electrons. The molecule has 7 nitrogen and oxygen atoms in total. The van der Waals surface area contributed by atoms with Crippen molar-refractivity contribution in [2.75, 3.05) is 10.8 Å². The lowest BCUT2D eigenvalue weighted by atomic mass is 10.0. The molecule has 0 fully saturated rings. The van der Waals surface area contributed by atoms with Gasteiger partial charge in [0.25, 0.3) is 10.0 Å². The topological polar surface area (TPSA) is 86.8 Å². The second-order valence-corrected chi connectivity index (χ2v) is 13.0. The second kappa shape index (κ2) is 14.8. The first-order valence-corrected chi connectivity index (χ1v) is 16.4. The van der Waals surface area contributed by atoms with E-state index in [1.165, 1.54) is 21.3 Å². The fraction of sp³-hybridized carbons (Fsp3) is 0.278. The number of anilines is 1. The van der Waals surface area contributed by atoms with Crippen molar-refractivity contribution in [1.82, 2.24) is 10.2 Å². The van der Waals surface area contributed by atoms with Gasteiger partial charge in [0.15, 0.2) is 0 Å². The molecule has 1 atom stereocenters. The normalized spacial score (nSPS) is 12.0. The number of amides is 2. The van der Waals surface area contributed by atoms with Gasteiger partial charge in [-0.15, -0.1) is 0 Å². The summed E-state index contributed by atoms with van der Waals surface area (Å²) in [5.41, 5.74) is 3.97. The van der Waals surface area contributed by atoms with Crippen molar-refractivity contribution in [2.24, 2.45) is 0 Å². The van der Waals surface area contributed by atoms with Gasteiger partial charge in [-0.3, -0.25) is 13.9 Å².